The van der Waals surface area contributed by atoms with Gasteiger partial charge >= 0.3 is 0 Å². The molecule has 4 N–H and O–H groups in total. The summed E-state index contributed by atoms with van der Waals surface area (Å²) in [5.41, 5.74) is 19.3. The van der Waals surface area contributed by atoms with E-state index in [0.717, 1.165) is 24.2 Å². The Morgan fingerprint density at radius 2 is 0.958 bits per heavy atom. The topological polar surface area (TPSA) is 52.0 Å². The maximum absolute atomic E-state index is 6.15. The molecule has 0 aliphatic heterocycles. The zero-order chi connectivity index (χ0) is 18.1. The predicted molar refractivity (Wildman–Crippen MR) is 107 cm³/mol. The van der Waals surface area contributed by atoms with Crippen molar-refractivity contribution in [2.75, 3.05) is 11.5 Å². The van der Waals surface area contributed by atoms with Gasteiger partial charge in [-0.2, -0.15) is 0 Å². The van der Waals surface area contributed by atoms with Crippen LogP contribution in [0.15, 0.2) is 36.4 Å². The summed E-state index contributed by atoms with van der Waals surface area (Å²) in [6, 6.07) is 12.9. The lowest BCUT2D eigenvalue weighted by atomic mass is 9.83. The number of anilines is 2. The monoisotopic (exact) mass is 324 g/mol. The van der Waals surface area contributed by atoms with Gasteiger partial charge in [0.25, 0.3) is 0 Å². The van der Waals surface area contributed by atoms with E-state index in [-0.39, 0.29) is 10.8 Å². The highest BCUT2D eigenvalue weighted by molar-refractivity contribution is 5.53. The molecule has 130 valence electrons. The molecule has 2 rings (SSSR count). The summed E-state index contributed by atoms with van der Waals surface area (Å²) < 4.78 is 0. The van der Waals surface area contributed by atoms with Crippen molar-refractivity contribution in [1.82, 2.24) is 0 Å². The quantitative estimate of drug-likeness (QED) is 0.759. The fourth-order valence-corrected chi connectivity index (χ4v) is 3.11. The van der Waals surface area contributed by atoms with Crippen LogP contribution in [-0.4, -0.2) is 0 Å². The van der Waals surface area contributed by atoms with Gasteiger partial charge in [0.15, 0.2) is 0 Å². The third kappa shape index (κ3) is 4.31. The maximum atomic E-state index is 6.15. The summed E-state index contributed by atoms with van der Waals surface area (Å²) in [6.07, 6.45) is 2.02. The normalized spacial score (nSPS) is 12.4. The fraction of sp³-hybridized carbons (Fsp3) is 0.455. The van der Waals surface area contributed by atoms with Crippen LogP contribution in [0.3, 0.4) is 0 Å². The van der Waals surface area contributed by atoms with Crippen molar-refractivity contribution >= 4 is 11.4 Å². The number of aryl methyl sites for hydroxylation is 2. The fourth-order valence-electron chi connectivity index (χ4n) is 3.11. The largest absolute Gasteiger partial charge is 0.398 e. The summed E-state index contributed by atoms with van der Waals surface area (Å²) in [7, 11) is 0. The van der Waals surface area contributed by atoms with Crippen molar-refractivity contribution in [1.29, 1.82) is 0 Å². The second-order valence-electron chi connectivity index (χ2n) is 8.84. The van der Waals surface area contributed by atoms with Crippen molar-refractivity contribution in [2.24, 2.45) is 0 Å². The molecule has 0 saturated carbocycles. The highest BCUT2D eigenvalue weighted by Crippen LogP contribution is 2.30. The Balaban J connectivity index is 2.20. The van der Waals surface area contributed by atoms with E-state index in [4.69, 9.17) is 11.5 Å². The van der Waals surface area contributed by atoms with Crippen molar-refractivity contribution < 1.29 is 0 Å². The zero-order valence-corrected chi connectivity index (χ0v) is 16.0. The molecule has 0 aromatic heterocycles. The first-order chi connectivity index (χ1) is 11.0. The van der Waals surface area contributed by atoms with Gasteiger partial charge in [-0.3, -0.25) is 0 Å². The zero-order valence-electron chi connectivity index (χ0n) is 16.0. The molecule has 2 heteroatoms. The third-order valence-electron chi connectivity index (χ3n) is 4.55. The SMILES string of the molecule is CC(C)(C)c1cc(CCc2ccc(N)c(C(C)(C)C)c2)ccc1N. The third-order valence-corrected chi connectivity index (χ3v) is 4.55. The molecule has 0 saturated heterocycles. The van der Waals surface area contributed by atoms with E-state index < -0.39 is 0 Å². The van der Waals surface area contributed by atoms with Gasteiger partial charge in [0.05, 0.1) is 0 Å². The Morgan fingerprint density at radius 1 is 0.625 bits per heavy atom. The molecular formula is C22H32N2. The lowest BCUT2D eigenvalue weighted by Crippen LogP contribution is -2.15. The molecule has 0 fully saturated rings. The van der Waals surface area contributed by atoms with Crippen molar-refractivity contribution in [2.45, 2.75) is 65.2 Å². The average Bonchev–Trinajstić information content (AvgIpc) is 2.45. The highest BCUT2D eigenvalue weighted by Gasteiger charge is 2.18. The summed E-state index contributed by atoms with van der Waals surface area (Å²) in [5.74, 6) is 0. The van der Waals surface area contributed by atoms with Gasteiger partial charge in [-0.1, -0.05) is 65.8 Å². The van der Waals surface area contributed by atoms with Crippen LogP contribution < -0.4 is 11.5 Å². The smallest absolute Gasteiger partial charge is 0.0352 e. The maximum Gasteiger partial charge on any atom is 0.0352 e. The molecule has 0 bridgehead atoms. The Morgan fingerprint density at radius 3 is 1.25 bits per heavy atom. The Bertz CT molecular complexity index is 652. The molecule has 0 aliphatic carbocycles. The number of benzene rings is 2. The van der Waals surface area contributed by atoms with E-state index >= 15 is 0 Å². The van der Waals surface area contributed by atoms with E-state index in [9.17, 15) is 0 Å². The average molecular weight is 325 g/mol. The first-order valence-corrected chi connectivity index (χ1v) is 8.76. The van der Waals surface area contributed by atoms with Gasteiger partial charge in [0.2, 0.25) is 0 Å². The van der Waals surface area contributed by atoms with Crippen LogP contribution in [0, 0.1) is 0 Å². The van der Waals surface area contributed by atoms with Gasteiger partial charge in [-0.25, -0.2) is 0 Å². The Labute approximate surface area is 147 Å². The van der Waals surface area contributed by atoms with Crippen LogP contribution in [0.25, 0.3) is 0 Å². The van der Waals surface area contributed by atoms with Crippen LogP contribution in [0.5, 0.6) is 0 Å². The van der Waals surface area contributed by atoms with Gasteiger partial charge in [0, 0.05) is 11.4 Å². The molecule has 2 aromatic carbocycles. The minimum absolute atomic E-state index is 0.0701. The van der Waals surface area contributed by atoms with Gasteiger partial charge < -0.3 is 11.5 Å². The second kappa shape index (κ2) is 6.51. The van der Waals surface area contributed by atoms with E-state index in [1.165, 1.54) is 22.3 Å². The predicted octanol–water partition coefficient (Wildman–Crippen LogP) is 5.23. The molecule has 0 radical (unpaired) electrons. The number of nitrogen functional groups attached to an aromatic ring is 2. The van der Waals surface area contributed by atoms with E-state index in [1.807, 2.05) is 12.1 Å². The second-order valence-corrected chi connectivity index (χ2v) is 8.84. The summed E-state index contributed by atoms with van der Waals surface area (Å²) >= 11 is 0. The molecule has 0 heterocycles. The van der Waals surface area contributed by atoms with Crippen LogP contribution in [0.4, 0.5) is 11.4 Å². The minimum atomic E-state index is 0.0701. The number of nitrogens with two attached hydrogens (primary N) is 2. The lowest BCUT2D eigenvalue weighted by Gasteiger charge is -2.23. The molecular weight excluding hydrogens is 292 g/mol. The van der Waals surface area contributed by atoms with E-state index in [2.05, 4.69) is 65.8 Å². The molecule has 0 unspecified atom stereocenters. The standard InChI is InChI=1S/C22H32N2/c1-21(2,3)17-13-15(9-11-19(17)23)7-8-16-10-12-20(24)18(14-16)22(4,5)6/h9-14H,7-8,23-24H2,1-6H3. The van der Waals surface area contributed by atoms with Crippen LogP contribution >= 0.6 is 0 Å². The Kier molecular flexibility index (Phi) is 4.98. The van der Waals surface area contributed by atoms with E-state index in [1.54, 1.807) is 0 Å². The van der Waals surface area contributed by atoms with Crippen LogP contribution in [-0.2, 0) is 23.7 Å². The molecule has 0 atom stereocenters. The minimum Gasteiger partial charge on any atom is -0.398 e. The molecule has 0 amide bonds. The first-order valence-electron chi connectivity index (χ1n) is 8.76. The summed E-state index contributed by atoms with van der Waals surface area (Å²) in [4.78, 5) is 0. The number of hydrogen-bond acceptors (Lipinski definition) is 2. The number of hydrogen-bond donors (Lipinski definition) is 2. The lowest BCUT2D eigenvalue weighted by molar-refractivity contribution is 0.590. The molecule has 2 nitrogen and oxygen atoms in total. The van der Waals surface area contributed by atoms with Gasteiger partial charge in [-0.05, 0) is 58.1 Å². The van der Waals surface area contributed by atoms with Crippen molar-refractivity contribution in [3.05, 3.63) is 58.7 Å². The summed E-state index contributed by atoms with van der Waals surface area (Å²) in [6.45, 7) is 13.2. The van der Waals surface area contributed by atoms with Crippen molar-refractivity contribution in [3.8, 4) is 0 Å². The number of rotatable bonds is 3. The molecule has 24 heavy (non-hydrogen) atoms. The highest BCUT2D eigenvalue weighted by atomic mass is 14.6. The first kappa shape index (κ1) is 18.4. The molecule has 0 spiro atoms. The van der Waals surface area contributed by atoms with Crippen molar-refractivity contribution in [3.63, 3.8) is 0 Å². The molecule has 0 aliphatic rings. The van der Waals surface area contributed by atoms with Gasteiger partial charge in [0.1, 0.15) is 0 Å². The molecule has 2 aromatic rings. The Hall–Kier alpha value is -1.96. The van der Waals surface area contributed by atoms with Crippen LogP contribution in [0.1, 0.15) is 63.8 Å². The summed E-state index contributed by atoms with van der Waals surface area (Å²) in [5, 5.41) is 0. The van der Waals surface area contributed by atoms with Crippen LogP contribution in [0.2, 0.25) is 0 Å². The van der Waals surface area contributed by atoms with E-state index in [0.29, 0.717) is 0 Å². The van der Waals surface area contributed by atoms with Gasteiger partial charge in [-0.15, -0.1) is 0 Å².